The molecule has 0 spiro atoms. The fourth-order valence-corrected chi connectivity index (χ4v) is 3.01. The van der Waals surface area contributed by atoms with Crippen LogP contribution in [0.5, 0.6) is 5.88 Å². The van der Waals surface area contributed by atoms with Crippen LogP contribution in [0.4, 0.5) is 5.69 Å². The van der Waals surface area contributed by atoms with Crippen molar-refractivity contribution in [3.63, 3.8) is 0 Å². The van der Waals surface area contributed by atoms with Crippen molar-refractivity contribution < 1.29 is 14.5 Å². The van der Waals surface area contributed by atoms with E-state index in [1.807, 2.05) is 0 Å². The van der Waals surface area contributed by atoms with Crippen molar-refractivity contribution in [1.82, 2.24) is 14.9 Å². The van der Waals surface area contributed by atoms with Gasteiger partial charge in [-0.05, 0) is 32.8 Å². The average Bonchev–Trinajstić information content (AvgIpc) is 2.61. The summed E-state index contributed by atoms with van der Waals surface area (Å²) in [5.74, 6) is 0.890. The van der Waals surface area contributed by atoms with E-state index in [0.29, 0.717) is 35.9 Å². The number of hydrogen-bond donors (Lipinski definition) is 0. The van der Waals surface area contributed by atoms with E-state index in [0.717, 1.165) is 12.8 Å². The summed E-state index contributed by atoms with van der Waals surface area (Å²) in [5, 5.41) is 11.1. The second-order valence-corrected chi connectivity index (χ2v) is 6.33. The third-order valence-electron chi connectivity index (χ3n) is 4.36. The number of nitro benzene ring substituents is 1. The zero-order valence-electron chi connectivity index (χ0n) is 14.7. The maximum Gasteiger partial charge on any atom is 0.273 e. The largest absolute Gasteiger partial charge is 0.472 e. The average molecular weight is 356 g/mol. The van der Waals surface area contributed by atoms with Crippen LogP contribution < -0.4 is 4.74 Å². The molecule has 0 saturated carbocycles. The standard InChI is InChI=1S/C18H20N4O4/c1-12-5-6-14(10-16(12)22(24)25)18(23)21-9-3-4-15(11-21)26-17-7-8-19-13(2)20-17/h5-8,10,15H,3-4,9,11H2,1-2H3. The van der Waals surface area contributed by atoms with E-state index < -0.39 is 4.92 Å². The molecule has 1 aliphatic rings. The van der Waals surface area contributed by atoms with Crippen molar-refractivity contribution in [2.45, 2.75) is 32.8 Å². The molecule has 8 heteroatoms. The van der Waals surface area contributed by atoms with Crippen LogP contribution in [0.15, 0.2) is 30.5 Å². The van der Waals surface area contributed by atoms with Crippen LogP contribution in [0.2, 0.25) is 0 Å². The molecular weight excluding hydrogens is 336 g/mol. The molecule has 1 aliphatic heterocycles. The zero-order valence-corrected chi connectivity index (χ0v) is 14.7. The van der Waals surface area contributed by atoms with Crippen molar-refractivity contribution in [3.8, 4) is 5.88 Å². The van der Waals surface area contributed by atoms with Crippen LogP contribution in [0.1, 0.15) is 34.6 Å². The Balaban J connectivity index is 1.72. The molecule has 0 radical (unpaired) electrons. The normalized spacial score (nSPS) is 17.0. The number of piperidine rings is 1. The second kappa shape index (κ2) is 7.47. The van der Waals surface area contributed by atoms with Gasteiger partial charge in [-0.15, -0.1) is 0 Å². The first-order valence-corrected chi connectivity index (χ1v) is 8.44. The zero-order chi connectivity index (χ0) is 18.7. The Morgan fingerprint density at radius 2 is 2.15 bits per heavy atom. The number of nitro groups is 1. The predicted octanol–water partition coefficient (Wildman–Crippen LogP) is 2.69. The van der Waals surface area contributed by atoms with Crippen molar-refractivity contribution in [3.05, 3.63) is 57.5 Å². The van der Waals surface area contributed by atoms with Gasteiger partial charge in [0.25, 0.3) is 11.6 Å². The molecule has 0 N–H and O–H groups in total. The lowest BCUT2D eigenvalue weighted by Gasteiger charge is -2.32. The number of hydrogen-bond acceptors (Lipinski definition) is 6. The number of carbonyl (C=O) groups is 1. The first kappa shape index (κ1) is 17.8. The second-order valence-electron chi connectivity index (χ2n) is 6.33. The van der Waals surface area contributed by atoms with E-state index in [9.17, 15) is 14.9 Å². The smallest absolute Gasteiger partial charge is 0.273 e. The van der Waals surface area contributed by atoms with E-state index in [2.05, 4.69) is 9.97 Å². The minimum absolute atomic E-state index is 0.0443. The predicted molar refractivity (Wildman–Crippen MR) is 94.2 cm³/mol. The van der Waals surface area contributed by atoms with Gasteiger partial charge in [0.1, 0.15) is 11.9 Å². The summed E-state index contributed by atoms with van der Waals surface area (Å²) in [6, 6.07) is 6.27. The SMILES string of the molecule is Cc1nccc(OC2CCCN(C(=O)c3ccc(C)c([N+](=O)[O-])c3)C2)n1. The molecule has 1 fully saturated rings. The van der Waals surface area contributed by atoms with Crippen molar-refractivity contribution >= 4 is 11.6 Å². The van der Waals surface area contributed by atoms with Gasteiger partial charge in [-0.25, -0.2) is 4.98 Å². The van der Waals surface area contributed by atoms with Gasteiger partial charge in [0, 0.05) is 36.0 Å². The van der Waals surface area contributed by atoms with Crippen LogP contribution in [0.3, 0.4) is 0 Å². The van der Waals surface area contributed by atoms with Crippen molar-refractivity contribution in [2.75, 3.05) is 13.1 Å². The molecule has 1 saturated heterocycles. The molecule has 8 nitrogen and oxygen atoms in total. The Hall–Kier alpha value is -3.03. The number of likely N-dealkylation sites (tertiary alicyclic amines) is 1. The summed E-state index contributed by atoms with van der Waals surface area (Å²) < 4.78 is 5.88. The van der Waals surface area contributed by atoms with Crippen molar-refractivity contribution in [1.29, 1.82) is 0 Å². The van der Waals surface area contributed by atoms with E-state index >= 15 is 0 Å². The van der Waals surface area contributed by atoms with Crippen molar-refractivity contribution in [2.24, 2.45) is 0 Å². The lowest BCUT2D eigenvalue weighted by atomic mass is 10.0. The van der Waals surface area contributed by atoms with Crippen LogP contribution >= 0.6 is 0 Å². The molecule has 2 aromatic rings. The highest BCUT2D eigenvalue weighted by Gasteiger charge is 2.27. The van der Waals surface area contributed by atoms with Gasteiger partial charge in [0.15, 0.2) is 0 Å². The number of aromatic nitrogens is 2. The fourth-order valence-electron chi connectivity index (χ4n) is 3.01. The van der Waals surface area contributed by atoms with Gasteiger partial charge in [-0.3, -0.25) is 14.9 Å². The number of ether oxygens (including phenoxy) is 1. The van der Waals surface area contributed by atoms with Gasteiger partial charge in [0.2, 0.25) is 5.88 Å². The lowest BCUT2D eigenvalue weighted by Crippen LogP contribution is -2.44. The molecular formula is C18H20N4O4. The maximum absolute atomic E-state index is 12.8. The molecule has 0 aliphatic carbocycles. The molecule has 136 valence electrons. The Kier molecular flexibility index (Phi) is 5.11. The summed E-state index contributed by atoms with van der Waals surface area (Å²) in [7, 11) is 0. The van der Waals surface area contributed by atoms with Gasteiger partial charge >= 0.3 is 0 Å². The van der Waals surface area contributed by atoms with E-state index in [-0.39, 0.29) is 17.7 Å². The minimum atomic E-state index is -0.467. The highest BCUT2D eigenvalue weighted by Crippen LogP contribution is 2.22. The van der Waals surface area contributed by atoms with Crippen LogP contribution in [-0.2, 0) is 0 Å². The van der Waals surface area contributed by atoms with Gasteiger partial charge in [0.05, 0.1) is 11.5 Å². The number of amides is 1. The summed E-state index contributed by atoms with van der Waals surface area (Å²) in [6.07, 6.45) is 3.09. The molecule has 1 atom stereocenters. The van der Waals surface area contributed by atoms with Crippen LogP contribution in [-0.4, -0.2) is 44.9 Å². The molecule has 1 aromatic carbocycles. The number of nitrogens with zero attached hydrogens (tertiary/aromatic N) is 4. The summed E-state index contributed by atoms with van der Waals surface area (Å²) in [4.78, 5) is 33.3. The molecule has 1 amide bonds. The maximum atomic E-state index is 12.8. The number of aryl methyl sites for hydroxylation is 2. The minimum Gasteiger partial charge on any atom is -0.472 e. The Bertz CT molecular complexity index is 840. The van der Waals surface area contributed by atoms with E-state index in [4.69, 9.17) is 4.74 Å². The van der Waals surface area contributed by atoms with Gasteiger partial charge < -0.3 is 9.64 Å². The Morgan fingerprint density at radius 3 is 2.88 bits per heavy atom. The summed E-state index contributed by atoms with van der Waals surface area (Å²) >= 11 is 0. The van der Waals surface area contributed by atoms with Crippen LogP contribution in [0, 0.1) is 24.0 Å². The number of carbonyl (C=O) groups excluding carboxylic acids is 1. The monoisotopic (exact) mass is 356 g/mol. The third-order valence-corrected chi connectivity index (χ3v) is 4.36. The summed E-state index contributed by atoms with van der Waals surface area (Å²) in [6.45, 7) is 4.46. The number of benzene rings is 1. The molecule has 1 unspecified atom stereocenters. The van der Waals surface area contributed by atoms with E-state index in [1.54, 1.807) is 43.1 Å². The summed E-state index contributed by atoms with van der Waals surface area (Å²) in [5.41, 5.74) is 0.809. The molecule has 2 heterocycles. The molecule has 0 bridgehead atoms. The number of rotatable bonds is 4. The topological polar surface area (TPSA) is 98.5 Å². The molecule has 26 heavy (non-hydrogen) atoms. The Labute approximate surface area is 151 Å². The third kappa shape index (κ3) is 3.96. The van der Waals surface area contributed by atoms with Gasteiger partial charge in [-0.2, -0.15) is 4.98 Å². The first-order valence-electron chi connectivity index (χ1n) is 8.44. The highest BCUT2D eigenvalue weighted by atomic mass is 16.6. The quantitative estimate of drug-likeness (QED) is 0.617. The van der Waals surface area contributed by atoms with Crippen LogP contribution in [0.25, 0.3) is 0 Å². The Morgan fingerprint density at radius 1 is 1.35 bits per heavy atom. The fraction of sp³-hybridized carbons (Fsp3) is 0.389. The molecule has 3 rings (SSSR count). The van der Waals surface area contributed by atoms with E-state index in [1.165, 1.54) is 6.07 Å². The molecule has 1 aromatic heterocycles. The highest BCUT2D eigenvalue weighted by molar-refractivity contribution is 5.95. The first-order chi connectivity index (χ1) is 12.4. The lowest BCUT2D eigenvalue weighted by molar-refractivity contribution is -0.385. The van der Waals surface area contributed by atoms with Gasteiger partial charge in [-0.1, -0.05) is 6.07 Å².